The van der Waals surface area contributed by atoms with Gasteiger partial charge in [-0.15, -0.1) is 0 Å². The standard InChI is InChI=1S/C18H31NO/c1-5-8-13-19(7-3)14-18(20)17-11-9-16(10-12-17)15(4)6-2/h9-12,15,18,20H,5-8,13-14H2,1-4H3. The Kier molecular flexibility index (Phi) is 7.86. The molecule has 0 radical (unpaired) electrons. The highest BCUT2D eigenvalue weighted by Crippen LogP contribution is 2.21. The van der Waals surface area contributed by atoms with E-state index in [0.29, 0.717) is 5.92 Å². The van der Waals surface area contributed by atoms with Crippen molar-refractivity contribution >= 4 is 0 Å². The van der Waals surface area contributed by atoms with Crippen LogP contribution >= 0.6 is 0 Å². The van der Waals surface area contributed by atoms with E-state index in [4.69, 9.17) is 0 Å². The summed E-state index contributed by atoms with van der Waals surface area (Å²) >= 11 is 0. The molecule has 2 heteroatoms. The molecule has 0 fully saturated rings. The molecule has 0 amide bonds. The second-order valence-electron chi connectivity index (χ2n) is 5.74. The van der Waals surface area contributed by atoms with Crippen molar-refractivity contribution in [1.82, 2.24) is 4.90 Å². The number of aliphatic hydroxyl groups excluding tert-OH is 1. The Morgan fingerprint density at radius 1 is 1.05 bits per heavy atom. The van der Waals surface area contributed by atoms with Gasteiger partial charge in [0.2, 0.25) is 0 Å². The van der Waals surface area contributed by atoms with Crippen molar-refractivity contribution in [2.24, 2.45) is 0 Å². The highest BCUT2D eigenvalue weighted by Gasteiger charge is 2.12. The molecule has 2 atom stereocenters. The summed E-state index contributed by atoms with van der Waals surface area (Å²) in [6.45, 7) is 11.6. The van der Waals surface area contributed by atoms with Crippen LogP contribution < -0.4 is 0 Å². The summed E-state index contributed by atoms with van der Waals surface area (Å²) in [5.41, 5.74) is 2.40. The quantitative estimate of drug-likeness (QED) is 0.725. The first kappa shape index (κ1) is 17.2. The molecule has 0 aliphatic carbocycles. The fourth-order valence-electron chi connectivity index (χ4n) is 2.39. The summed E-state index contributed by atoms with van der Waals surface area (Å²) in [7, 11) is 0. The second-order valence-corrected chi connectivity index (χ2v) is 5.74. The summed E-state index contributed by atoms with van der Waals surface area (Å²) in [5.74, 6) is 0.595. The molecule has 1 rings (SSSR count). The summed E-state index contributed by atoms with van der Waals surface area (Å²) in [5, 5.41) is 10.4. The van der Waals surface area contributed by atoms with E-state index in [2.05, 4.69) is 56.9 Å². The van der Waals surface area contributed by atoms with E-state index in [1.165, 1.54) is 18.4 Å². The van der Waals surface area contributed by atoms with Crippen LogP contribution in [0.2, 0.25) is 0 Å². The van der Waals surface area contributed by atoms with Gasteiger partial charge in [-0.25, -0.2) is 0 Å². The predicted octanol–water partition coefficient (Wildman–Crippen LogP) is 4.36. The number of unbranched alkanes of at least 4 members (excludes halogenated alkanes) is 1. The Morgan fingerprint density at radius 2 is 1.65 bits per heavy atom. The van der Waals surface area contributed by atoms with Gasteiger partial charge >= 0.3 is 0 Å². The Hall–Kier alpha value is -0.860. The van der Waals surface area contributed by atoms with E-state index in [9.17, 15) is 5.11 Å². The second kappa shape index (κ2) is 9.15. The fourth-order valence-corrected chi connectivity index (χ4v) is 2.39. The van der Waals surface area contributed by atoms with Crippen molar-refractivity contribution in [3.8, 4) is 0 Å². The van der Waals surface area contributed by atoms with E-state index in [0.717, 1.165) is 31.6 Å². The summed E-state index contributed by atoms with van der Waals surface area (Å²) in [6, 6.07) is 8.49. The lowest BCUT2D eigenvalue weighted by Gasteiger charge is -2.23. The van der Waals surface area contributed by atoms with E-state index in [1.807, 2.05) is 0 Å². The zero-order valence-corrected chi connectivity index (χ0v) is 13.6. The highest BCUT2D eigenvalue weighted by atomic mass is 16.3. The number of nitrogens with zero attached hydrogens (tertiary/aromatic N) is 1. The molecular formula is C18H31NO. The molecule has 114 valence electrons. The third-order valence-electron chi connectivity index (χ3n) is 4.21. The molecule has 0 aliphatic rings. The van der Waals surface area contributed by atoms with Crippen molar-refractivity contribution in [1.29, 1.82) is 0 Å². The maximum atomic E-state index is 10.4. The van der Waals surface area contributed by atoms with Crippen LogP contribution in [0.15, 0.2) is 24.3 Å². The SMILES string of the molecule is CCCCN(CC)CC(O)c1ccc(C(C)CC)cc1. The van der Waals surface area contributed by atoms with Gasteiger partial charge in [-0.05, 0) is 43.0 Å². The van der Waals surface area contributed by atoms with Gasteiger partial charge in [0.05, 0.1) is 6.10 Å². The highest BCUT2D eigenvalue weighted by molar-refractivity contribution is 5.26. The molecule has 0 heterocycles. The number of hydrogen-bond acceptors (Lipinski definition) is 2. The smallest absolute Gasteiger partial charge is 0.0916 e. The Bertz CT molecular complexity index is 360. The number of hydrogen-bond donors (Lipinski definition) is 1. The van der Waals surface area contributed by atoms with Crippen molar-refractivity contribution in [3.63, 3.8) is 0 Å². The van der Waals surface area contributed by atoms with Crippen LogP contribution in [0.1, 0.15) is 70.1 Å². The van der Waals surface area contributed by atoms with Crippen LogP contribution in [0.5, 0.6) is 0 Å². The lowest BCUT2D eigenvalue weighted by molar-refractivity contribution is 0.115. The number of aliphatic hydroxyl groups is 1. The molecule has 2 unspecified atom stereocenters. The van der Waals surface area contributed by atoms with Gasteiger partial charge < -0.3 is 10.0 Å². The average molecular weight is 277 g/mol. The molecule has 1 aromatic carbocycles. The van der Waals surface area contributed by atoms with Gasteiger partial charge in [0.25, 0.3) is 0 Å². The molecule has 0 aliphatic heterocycles. The van der Waals surface area contributed by atoms with Crippen LogP contribution in [-0.2, 0) is 0 Å². The maximum Gasteiger partial charge on any atom is 0.0916 e. The molecule has 1 N–H and O–H groups in total. The van der Waals surface area contributed by atoms with Crippen LogP contribution in [-0.4, -0.2) is 29.6 Å². The van der Waals surface area contributed by atoms with Gasteiger partial charge in [-0.3, -0.25) is 0 Å². The summed E-state index contributed by atoms with van der Waals surface area (Å²) in [6.07, 6.45) is 3.18. The Morgan fingerprint density at radius 3 is 2.15 bits per heavy atom. The van der Waals surface area contributed by atoms with E-state index in [1.54, 1.807) is 0 Å². The lowest BCUT2D eigenvalue weighted by atomic mass is 9.96. The molecule has 20 heavy (non-hydrogen) atoms. The van der Waals surface area contributed by atoms with Crippen LogP contribution in [0.4, 0.5) is 0 Å². The lowest BCUT2D eigenvalue weighted by Crippen LogP contribution is -2.29. The van der Waals surface area contributed by atoms with Crippen molar-refractivity contribution in [2.75, 3.05) is 19.6 Å². The normalized spacial score (nSPS) is 14.5. The first-order valence-corrected chi connectivity index (χ1v) is 8.12. The van der Waals surface area contributed by atoms with Crippen LogP contribution in [0, 0.1) is 0 Å². The fraction of sp³-hybridized carbons (Fsp3) is 0.667. The van der Waals surface area contributed by atoms with E-state index in [-0.39, 0.29) is 6.10 Å². The monoisotopic (exact) mass is 277 g/mol. The van der Waals surface area contributed by atoms with Crippen molar-refractivity contribution < 1.29 is 5.11 Å². The van der Waals surface area contributed by atoms with Gasteiger partial charge in [-0.2, -0.15) is 0 Å². The minimum absolute atomic E-state index is 0.377. The first-order chi connectivity index (χ1) is 9.62. The molecule has 0 saturated heterocycles. The molecule has 0 saturated carbocycles. The maximum absolute atomic E-state index is 10.4. The zero-order chi connectivity index (χ0) is 15.0. The van der Waals surface area contributed by atoms with Gasteiger partial charge in [-0.1, -0.05) is 58.4 Å². The predicted molar refractivity (Wildman–Crippen MR) is 87.1 cm³/mol. The van der Waals surface area contributed by atoms with Crippen molar-refractivity contribution in [3.05, 3.63) is 35.4 Å². The van der Waals surface area contributed by atoms with E-state index < -0.39 is 0 Å². The molecular weight excluding hydrogens is 246 g/mol. The topological polar surface area (TPSA) is 23.5 Å². The van der Waals surface area contributed by atoms with Crippen molar-refractivity contribution in [2.45, 2.75) is 59.0 Å². The third-order valence-corrected chi connectivity index (χ3v) is 4.21. The summed E-state index contributed by atoms with van der Waals surface area (Å²) in [4.78, 5) is 2.33. The number of benzene rings is 1. The first-order valence-electron chi connectivity index (χ1n) is 8.12. The zero-order valence-electron chi connectivity index (χ0n) is 13.6. The number of likely N-dealkylation sites (N-methyl/N-ethyl adjacent to an activating group) is 1. The molecule has 1 aromatic rings. The molecule has 0 aromatic heterocycles. The summed E-state index contributed by atoms with van der Waals surface area (Å²) < 4.78 is 0. The molecule has 2 nitrogen and oxygen atoms in total. The molecule has 0 bridgehead atoms. The Labute approximate surface area is 124 Å². The largest absolute Gasteiger partial charge is 0.387 e. The van der Waals surface area contributed by atoms with Gasteiger partial charge in [0.15, 0.2) is 0 Å². The van der Waals surface area contributed by atoms with Gasteiger partial charge in [0.1, 0.15) is 0 Å². The minimum atomic E-state index is -0.377. The van der Waals surface area contributed by atoms with Crippen LogP contribution in [0.3, 0.4) is 0 Å². The Balaban J connectivity index is 2.60. The van der Waals surface area contributed by atoms with Crippen LogP contribution in [0.25, 0.3) is 0 Å². The van der Waals surface area contributed by atoms with E-state index >= 15 is 0 Å². The molecule has 0 spiro atoms. The number of rotatable bonds is 9. The minimum Gasteiger partial charge on any atom is -0.387 e. The average Bonchev–Trinajstić information content (AvgIpc) is 2.50. The third kappa shape index (κ3) is 5.26. The van der Waals surface area contributed by atoms with Gasteiger partial charge in [0, 0.05) is 6.54 Å².